The first-order valence-electron chi connectivity index (χ1n) is 13.9. The number of rotatable bonds is 10. The normalized spacial score (nSPS) is 19.9. The molecule has 0 saturated heterocycles. The summed E-state index contributed by atoms with van der Waals surface area (Å²) in [7, 11) is 4.23. The second-order valence-corrected chi connectivity index (χ2v) is 10.5. The monoisotopic (exact) mass is 582 g/mol. The van der Waals surface area contributed by atoms with E-state index in [1.165, 1.54) is 28.3 Å². The van der Waals surface area contributed by atoms with Crippen molar-refractivity contribution in [3.05, 3.63) is 119 Å². The molecular formula is C35H34O8. The van der Waals surface area contributed by atoms with Gasteiger partial charge in [0.25, 0.3) is 0 Å². The van der Waals surface area contributed by atoms with Crippen molar-refractivity contribution in [1.82, 2.24) is 0 Å². The summed E-state index contributed by atoms with van der Waals surface area (Å²) in [6.07, 6.45) is -0.203. The van der Waals surface area contributed by atoms with Crippen molar-refractivity contribution in [3.63, 3.8) is 0 Å². The topological polar surface area (TPSA) is 101 Å². The first-order valence-corrected chi connectivity index (χ1v) is 13.9. The van der Waals surface area contributed by atoms with Crippen LogP contribution in [0.15, 0.2) is 97.1 Å². The number of aliphatic hydroxyl groups is 1. The molecule has 222 valence electrons. The molecule has 0 fully saturated rings. The molecule has 0 radical (unpaired) electrons. The molecule has 4 aromatic rings. The highest BCUT2D eigenvalue weighted by atomic mass is 16.5. The quantitative estimate of drug-likeness (QED) is 0.238. The van der Waals surface area contributed by atoms with Crippen molar-refractivity contribution < 1.29 is 38.4 Å². The Balaban J connectivity index is 1.70. The van der Waals surface area contributed by atoms with Gasteiger partial charge >= 0.3 is 5.97 Å². The zero-order chi connectivity index (χ0) is 30.6. The summed E-state index contributed by atoms with van der Waals surface area (Å²) in [5.74, 6) is -0.685. The lowest BCUT2D eigenvalue weighted by atomic mass is 9.66. The predicted octanol–water partition coefficient (Wildman–Crippen LogP) is 5.69. The van der Waals surface area contributed by atoms with Gasteiger partial charge in [0, 0.05) is 23.6 Å². The predicted molar refractivity (Wildman–Crippen MR) is 159 cm³/mol. The van der Waals surface area contributed by atoms with E-state index in [-0.39, 0.29) is 23.5 Å². The fourth-order valence-corrected chi connectivity index (χ4v) is 5.69. The van der Waals surface area contributed by atoms with Crippen molar-refractivity contribution in [2.75, 3.05) is 21.3 Å². The number of carbonyl (C=O) groups excluding carboxylic acids is 2. The summed E-state index contributed by atoms with van der Waals surface area (Å²) in [6.45, 7) is 1.77. The van der Waals surface area contributed by atoms with Crippen LogP contribution in [0.3, 0.4) is 0 Å². The first kappa shape index (κ1) is 29.7. The van der Waals surface area contributed by atoms with Gasteiger partial charge in [0.05, 0.1) is 33.3 Å². The van der Waals surface area contributed by atoms with Crippen LogP contribution < -0.4 is 18.9 Å². The highest BCUT2D eigenvalue weighted by molar-refractivity contribution is 6.00. The Morgan fingerprint density at radius 2 is 1.51 bits per heavy atom. The Kier molecular flexibility index (Phi) is 8.41. The maximum Gasteiger partial charge on any atom is 0.306 e. The number of hydrogen-bond donors (Lipinski definition) is 1. The van der Waals surface area contributed by atoms with Gasteiger partial charge in [-0.3, -0.25) is 9.59 Å². The number of benzene rings is 4. The highest BCUT2D eigenvalue weighted by Crippen LogP contribution is 2.55. The van der Waals surface area contributed by atoms with E-state index in [9.17, 15) is 14.7 Å². The minimum atomic E-state index is -2.07. The van der Waals surface area contributed by atoms with Crippen molar-refractivity contribution >= 4 is 11.8 Å². The highest BCUT2D eigenvalue weighted by Gasteiger charge is 2.61. The number of esters is 1. The fraction of sp³-hybridized carbons (Fsp3) is 0.257. The third kappa shape index (κ3) is 5.53. The van der Waals surface area contributed by atoms with Gasteiger partial charge in [0.15, 0.2) is 5.60 Å². The molecule has 1 heterocycles. The second-order valence-electron chi connectivity index (χ2n) is 10.5. The van der Waals surface area contributed by atoms with Crippen LogP contribution in [0.1, 0.15) is 41.5 Å². The van der Waals surface area contributed by atoms with Crippen molar-refractivity contribution in [1.29, 1.82) is 0 Å². The third-order valence-electron chi connectivity index (χ3n) is 7.85. The van der Waals surface area contributed by atoms with Crippen LogP contribution in [0, 0.1) is 0 Å². The van der Waals surface area contributed by atoms with Crippen LogP contribution in [-0.2, 0) is 32.1 Å². The zero-order valence-corrected chi connectivity index (χ0v) is 24.5. The van der Waals surface area contributed by atoms with E-state index < -0.39 is 28.9 Å². The lowest BCUT2D eigenvalue weighted by Crippen LogP contribution is -2.58. The van der Waals surface area contributed by atoms with Gasteiger partial charge in [-0.2, -0.15) is 0 Å². The molecule has 0 aliphatic carbocycles. The van der Waals surface area contributed by atoms with Gasteiger partial charge in [-0.05, 0) is 30.2 Å². The minimum Gasteiger partial charge on any atom is -0.496 e. The second kappa shape index (κ2) is 12.2. The van der Waals surface area contributed by atoms with E-state index in [0.29, 0.717) is 29.2 Å². The lowest BCUT2D eigenvalue weighted by Gasteiger charge is -2.47. The first-order chi connectivity index (χ1) is 20.7. The van der Waals surface area contributed by atoms with Crippen LogP contribution in [0.4, 0.5) is 0 Å². The molecule has 1 unspecified atom stereocenters. The average Bonchev–Trinajstić information content (AvgIpc) is 3.05. The fourth-order valence-electron chi connectivity index (χ4n) is 5.69. The van der Waals surface area contributed by atoms with E-state index >= 15 is 0 Å². The van der Waals surface area contributed by atoms with Crippen LogP contribution in [0.2, 0.25) is 0 Å². The molecule has 8 nitrogen and oxygen atoms in total. The summed E-state index contributed by atoms with van der Waals surface area (Å²) in [5.41, 5.74) is -1.68. The van der Waals surface area contributed by atoms with Crippen LogP contribution in [-0.4, -0.2) is 38.2 Å². The molecule has 0 spiro atoms. The number of Topliss-reactive ketones (excluding diaryl/α,β-unsaturated/α-hetero) is 1. The number of ether oxygens (including phenoxy) is 5. The van der Waals surface area contributed by atoms with E-state index in [0.717, 1.165) is 5.56 Å². The van der Waals surface area contributed by atoms with Gasteiger partial charge in [0.1, 0.15) is 29.6 Å². The summed E-state index contributed by atoms with van der Waals surface area (Å²) in [4.78, 5) is 27.7. The SMILES string of the molecule is COC(=O)CC(c1ccccc1)[C@]1(c2ccc(OCc3ccccc3)cc2)Oc2cc(OC)cc(OC)c2[C@@](C)(O)C1=O. The Morgan fingerprint density at radius 3 is 2.12 bits per heavy atom. The molecule has 0 bridgehead atoms. The third-order valence-corrected chi connectivity index (χ3v) is 7.85. The Morgan fingerprint density at radius 1 is 0.860 bits per heavy atom. The number of carbonyl (C=O) groups is 2. The van der Waals surface area contributed by atoms with E-state index in [1.807, 2.05) is 60.7 Å². The summed E-state index contributed by atoms with van der Waals surface area (Å²) < 4.78 is 28.9. The molecule has 1 aliphatic heterocycles. The average molecular weight is 583 g/mol. The van der Waals surface area contributed by atoms with Gasteiger partial charge in [-0.15, -0.1) is 0 Å². The minimum absolute atomic E-state index is 0.170. The van der Waals surface area contributed by atoms with Crippen molar-refractivity contribution in [3.8, 4) is 23.0 Å². The summed E-state index contributed by atoms with van der Waals surface area (Å²) in [6, 6.07) is 29.0. The summed E-state index contributed by atoms with van der Waals surface area (Å²) >= 11 is 0. The summed E-state index contributed by atoms with van der Waals surface area (Å²) in [5, 5.41) is 12.0. The molecule has 8 heteroatoms. The van der Waals surface area contributed by atoms with Gasteiger partial charge in [0.2, 0.25) is 11.4 Å². The van der Waals surface area contributed by atoms with Crippen LogP contribution in [0.25, 0.3) is 0 Å². The Hall–Kier alpha value is -4.82. The molecule has 1 N–H and O–H groups in total. The maximum atomic E-state index is 14.8. The van der Waals surface area contributed by atoms with Gasteiger partial charge in [-0.1, -0.05) is 72.8 Å². The van der Waals surface area contributed by atoms with Gasteiger partial charge < -0.3 is 28.8 Å². The molecule has 0 saturated carbocycles. The van der Waals surface area contributed by atoms with Crippen molar-refractivity contribution in [2.24, 2.45) is 0 Å². The molecule has 1 aliphatic rings. The van der Waals surface area contributed by atoms with E-state index in [1.54, 1.807) is 36.4 Å². The van der Waals surface area contributed by atoms with E-state index in [4.69, 9.17) is 23.7 Å². The zero-order valence-electron chi connectivity index (χ0n) is 24.5. The van der Waals surface area contributed by atoms with Crippen molar-refractivity contribution in [2.45, 2.75) is 37.1 Å². The number of hydrogen-bond acceptors (Lipinski definition) is 8. The molecule has 4 aromatic carbocycles. The number of methoxy groups -OCH3 is 3. The van der Waals surface area contributed by atoms with Gasteiger partial charge in [-0.25, -0.2) is 0 Å². The molecule has 3 atom stereocenters. The molecule has 5 rings (SSSR count). The largest absolute Gasteiger partial charge is 0.496 e. The molecule has 43 heavy (non-hydrogen) atoms. The maximum absolute atomic E-state index is 14.8. The Labute approximate surface area is 250 Å². The van der Waals surface area contributed by atoms with Crippen LogP contribution >= 0.6 is 0 Å². The molecule has 0 aromatic heterocycles. The number of ketones is 1. The molecular weight excluding hydrogens is 548 g/mol. The van der Waals surface area contributed by atoms with Crippen LogP contribution in [0.5, 0.6) is 23.0 Å². The lowest BCUT2D eigenvalue weighted by molar-refractivity contribution is -0.164. The molecule has 0 amide bonds. The standard InChI is InChI=1S/C35H34O8/c1-34(38)32-29(40-3)19-27(39-2)20-30(32)43-35(33(34)37,28(21-31(36)41-4)24-13-9-6-10-14-24)25-15-17-26(18-16-25)42-22-23-11-7-5-8-12-23/h5-20,28,38H,21-22H2,1-4H3/t28?,34-,35+/m1/s1. The number of fused-ring (bicyclic) bond motifs is 1. The smallest absolute Gasteiger partial charge is 0.306 e. The Bertz CT molecular complexity index is 1580. The van der Waals surface area contributed by atoms with E-state index in [2.05, 4.69) is 0 Å².